The van der Waals surface area contributed by atoms with Crippen LogP contribution in [0.2, 0.25) is 0 Å². The molecular weight excluding hydrogens is 334 g/mol. The normalized spacial score (nSPS) is 16.2. The molecule has 152 valence electrons. The molecule has 6 nitrogen and oxygen atoms in total. The number of amides is 1. The first kappa shape index (κ1) is 22.6. The fraction of sp³-hybridized carbons (Fsp3) is 0.900. The Bertz CT molecular complexity index is 375. The first-order valence-electron chi connectivity index (χ1n) is 10.5. The fourth-order valence-electron chi connectivity index (χ4n) is 3.00. The van der Waals surface area contributed by atoms with Crippen molar-refractivity contribution in [2.24, 2.45) is 0 Å². The van der Waals surface area contributed by atoms with Crippen LogP contribution in [0, 0.1) is 0 Å². The van der Waals surface area contributed by atoms with E-state index in [0.717, 1.165) is 32.1 Å². The minimum atomic E-state index is -0.586. The molecule has 1 fully saturated rings. The molecular formula is C20H37NO5. The number of alkyl carbamates (subject to hydrolysis) is 1. The highest BCUT2D eigenvalue weighted by Crippen LogP contribution is 2.13. The molecule has 0 aromatic rings. The summed E-state index contributed by atoms with van der Waals surface area (Å²) in [7, 11) is 0. The molecule has 1 aliphatic heterocycles. The van der Waals surface area contributed by atoms with Gasteiger partial charge in [0.1, 0.15) is 12.7 Å². The van der Waals surface area contributed by atoms with Crippen molar-refractivity contribution in [1.29, 1.82) is 0 Å². The maximum atomic E-state index is 11.5. The number of rotatable bonds is 16. The predicted octanol–water partition coefficient (Wildman–Crippen LogP) is 5.34. The van der Waals surface area contributed by atoms with Gasteiger partial charge in [-0.2, -0.15) is 0 Å². The van der Waals surface area contributed by atoms with Crippen molar-refractivity contribution in [2.75, 3.05) is 19.8 Å². The first-order valence-corrected chi connectivity index (χ1v) is 10.5. The zero-order valence-electron chi connectivity index (χ0n) is 16.4. The summed E-state index contributed by atoms with van der Waals surface area (Å²) in [6.45, 7) is 3.66. The Kier molecular flexibility index (Phi) is 13.7. The molecule has 0 bridgehead atoms. The Morgan fingerprint density at radius 1 is 1.00 bits per heavy atom. The van der Waals surface area contributed by atoms with Gasteiger partial charge in [-0.1, -0.05) is 64.7 Å². The second-order valence-corrected chi connectivity index (χ2v) is 7.04. The van der Waals surface area contributed by atoms with Gasteiger partial charge in [0.05, 0.1) is 6.61 Å². The molecule has 1 unspecified atom stereocenters. The van der Waals surface area contributed by atoms with Crippen molar-refractivity contribution in [2.45, 2.75) is 96.5 Å². The lowest BCUT2D eigenvalue weighted by atomic mass is 10.1. The molecule has 6 heteroatoms. The molecule has 0 spiro atoms. The van der Waals surface area contributed by atoms with Gasteiger partial charge in [0, 0.05) is 6.54 Å². The molecule has 1 atom stereocenters. The maximum Gasteiger partial charge on any atom is 0.508 e. The molecule has 1 aliphatic rings. The molecule has 0 aromatic carbocycles. The smallest absolute Gasteiger partial charge is 0.450 e. The van der Waals surface area contributed by atoms with Crippen molar-refractivity contribution >= 4 is 12.2 Å². The number of carbonyl (C=O) groups excluding carboxylic acids is 2. The van der Waals surface area contributed by atoms with Crippen molar-refractivity contribution in [1.82, 2.24) is 5.32 Å². The third kappa shape index (κ3) is 12.8. The Balaban J connectivity index is 1.76. The van der Waals surface area contributed by atoms with Crippen LogP contribution >= 0.6 is 0 Å². The van der Waals surface area contributed by atoms with Gasteiger partial charge in [0.15, 0.2) is 0 Å². The van der Waals surface area contributed by atoms with Crippen LogP contribution in [0.3, 0.4) is 0 Å². The van der Waals surface area contributed by atoms with E-state index in [0.29, 0.717) is 19.8 Å². The topological polar surface area (TPSA) is 73.9 Å². The number of carbonyl (C=O) groups is 2. The first-order chi connectivity index (χ1) is 12.7. The van der Waals surface area contributed by atoms with Gasteiger partial charge in [0.25, 0.3) is 0 Å². The van der Waals surface area contributed by atoms with E-state index in [1.54, 1.807) is 0 Å². The average Bonchev–Trinajstić information content (AvgIpc) is 3.04. The van der Waals surface area contributed by atoms with E-state index < -0.39 is 6.16 Å². The van der Waals surface area contributed by atoms with Crippen molar-refractivity contribution < 1.29 is 23.8 Å². The van der Waals surface area contributed by atoms with E-state index in [1.165, 1.54) is 51.4 Å². The van der Waals surface area contributed by atoms with Gasteiger partial charge in [-0.15, -0.1) is 0 Å². The van der Waals surface area contributed by atoms with E-state index >= 15 is 0 Å². The van der Waals surface area contributed by atoms with Crippen molar-refractivity contribution in [3.8, 4) is 0 Å². The Morgan fingerprint density at radius 3 is 2.27 bits per heavy atom. The van der Waals surface area contributed by atoms with Gasteiger partial charge in [-0.05, 0) is 25.7 Å². The van der Waals surface area contributed by atoms with Crippen LogP contribution < -0.4 is 5.32 Å². The highest BCUT2D eigenvalue weighted by Gasteiger charge is 2.23. The summed E-state index contributed by atoms with van der Waals surface area (Å²) < 4.78 is 14.8. The second kappa shape index (κ2) is 15.8. The van der Waals surface area contributed by atoms with Crippen LogP contribution in [-0.4, -0.2) is 38.1 Å². The Hall–Kier alpha value is -1.46. The molecule has 0 radical (unpaired) electrons. The standard InChI is InChI=1S/C20H37NO5/c1-2-3-4-5-6-7-8-9-10-12-15-21-19(22)24-16-13-11-14-18-17-25-20(23)26-18/h18H,2-17H2,1H3,(H,21,22). The van der Waals surface area contributed by atoms with Crippen LogP contribution in [0.5, 0.6) is 0 Å². The molecule has 1 amide bonds. The SMILES string of the molecule is CCCCCCCCCCCCNC(=O)OCCCCC1COC(=O)O1. The van der Waals surface area contributed by atoms with Crippen LogP contribution in [0.4, 0.5) is 9.59 Å². The summed E-state index contributed by atoms with van der Waals surface area (Å²) in [5.41, 5.74) is 0. The van der Waals surface area contributed by atoms with Gasteiger partial charge < -0.3 is 19.5 Å². The van der Waals surface area contributed by atoms with Gasteiger partial charge >= 0.3 is 12.2 Å². The molecule has 0 aromatic heterocycles. The summed E-state index contributed by atoms with van der Waals surface area (Å²) in [5.74, 6) is 0. The van der Waals surface area contributed by atoms with Crippen LogP contribution in [-0.2, 0) is 14.2 Å². The van der Waals surface area contributed by atoms with Crippen molar-refractivity contribution in [3.05, 3.63) is 0 Å². The van der Waals surface area contributed by atoms with E-state index in [-0.39, 0.29) is 12.2 Å². The van der Waals surface area contributed by atoms with Crippen LogP contribution in [0.25, 0.3) is 0 Å². The Morgan fingerprint density at radius 2 is 1.65 bits per heavy atom. The number of hydrogen-bond donors (Lipinski definition) is 1. The number of nitrogens with one attached hydrogen (secondary N) is 1. The number of unbranched alkanes of at least 4 members (excludes halogenated alkanes) is 10. The minimum Gasteiger partial charge on any atom is -0.450 e. The van der Waals surface area contributed by atoms with Crippen molar-refractivity contribution in [3.63, 3.8) is 0 Å². The zero-order chi connectivity index (χ0) is 18.9. The van der Waals surface area contributed by atoms with Crippen LogP contribution in [0.1, 0.15) is 90.4 Å². The largest absolute Gasteiger partial charge is 0.508 e. The third-order valence-electron chi connectivity index (χ3n) is 4.60. The molecule has 1 heterocycles. The lowest BCUT2D eigenvalue weighted by Crippen LogP contribution is -2.25. The maximum absolute atomic E-state index is 11.5. The fourth-order valence-corrected chi connectivity index (χ4v) is 3.00. The molecule has 1 rings (SSSR count). The number of ether oxygens (including phenoxy) is 3. The average molecular weight is 372 g/mol. The summed E-state index contributed by atoms with van der Waals surface area (Å²) in [6, 6.07) is 0. The highest BCUT2D eigenvalue weighted by molar-refractivity contribution is 5.66. The third-order valence-corrected chi connectivity index (χ3v) is 4.60. The lowest BCUT2D eigenvalue weighted by Gasteiger charge is -2.08. The van der Waals surface area contributed by atoms with Gasteiger partial charge in [0.2, 0.25) is 0 Å². The molecule has 26 heavy (non-hydrogen) atoms. The Labute approximate surface area is 158 Å². The van der Waals surface area contributed by atoms with Gasteiger partial charge in [-0.25, -0.2) is 9.59 Å². The van der Waals surface area contributed by atoms with Gasteiger partial charge in [-0.3, -0.25) is 0 Å². The zero-order valence-corrected chi connectivity index (χ0v) is 16.4. The molecule has 0 aliphatic carbocycles. The quantitative estimate of drug-likeness (QED) is 0.293. The number of cyclic esters (lactones) is 2. The summed E-state index contributed by atoms with van der Waals surface area (Å²) in [5, 5.41) is 2.80. The monoisotopic (exact) mass is 371 g/mol. The molecule has 1 N–H and O–H groups in total. The molecule has 0 saturated carbocycles. The summed E-state index contributed by atoms with van der Waals surface area (Å²) in [4.78, 5) is 22.3. The number of hydrogen-bond acceptors (Lipinski definition) is 5. The minimum absolute atomic E-state index is 0.146. The van der Waals surface area contributed by atoms with Crippen LogP contribution in [0.15, 0.2) is 0 Å². The van der Waals surface area contributed by atoms with E-state index in [9.17, 15) is 9.59 Å². The van der Waals surface area contributed by atoms with E-state index in [1.807, 2.05) is 0 Å². The lowest BCUT2D eigenvalue weighted by molar-refractivity contribution is 0.114. The summed E-state index contributed by atoms with van der Waals surface area (Å²) >= 11 is 0. The van der Waals surface area contributed by atoms with E-state index in [2.05, 4.69) is 12.2 Å². The second-order valence-electron chi connectivity index (χ2n) is 7.04. The highest BCUT2D eigenvalue weighted by atomic mass is 16.8. The van der Waals surface area contributed by atoms with E-state index in [4.69, 9.17) is 14.2 Å². The predicted molar refractivity (Wildman–Crippen MR) is 101 cm³/mol. The summed E-state index contributed by atoms with van der Waals surface area (Å²) in [6.07, 6.45) is 14.1. The molecule has 1 saturated heterocycles.